The molecule has 5 heterocycles. The highest BCUT2D eigenvalue weighted by molar-refractivity contribution is 5.64. The molecule has 8 heteroatoms. The van der Waals surface area contributed by atoms with Crippen LogP contribution in [0.25, 0.3) is 28.2 Å². The number of benzene rings is 1. The third-order valence-electron chi connectivity index (χ3n) is 6.89. The molecule has 0 radical (unpaired) electrons. The van der Waals surface area contributed by atoms with Crippen molar-refractivity contribution in [3.63, 3.8) is 0 Å². The summed E-state index contributed by atoms with van der Waals surface area (Å²) in [4.78, 5) is 16.1. The second-order valence-electron chi connectivity index (χ2n) is 9.45. The maximum absolute atomic E-state index is 4.66. The highest BCUT2D eigenvalue weighted by Gasteiger charge is 2.13. The molecule has 6 rings (SSSR count). The minimum atomic E-state index is 0.678. The number of pyridine rings is 1. The predicted molar refractivity (Wildman–Crippen MR) is 142 cm³/mol. The molecule has 0 unspecified atom stereocenters. The van der Waals surface area contributed by atoms with Crippen molar-refractivity contribution in [1.82, 2.24) is 34.0 Å². The average Bonchev–Trinajstić information content (AvgIpc) is 3.68. The molecule has 5 aromatic rings. The third-order valence-corrected chi connectivity index (χ3v) is 6.89. The third kappa shape index (κ3) is 4.85. The van der Waals surface area contributed by atoms with Gasteiger partial charge in [-0.05, 0) is 61.2 Å². The van der Waals surface area contributed by atoms with Crippen molar-refractivity contribution in [2.45, 2.75) is 25.8 Å². The Bertz CT molecular complexity index is 1460. The van der Waals surface area contributed by atoms with Crippen LogP contribution < -0.4 is 5.32 Å². The van der Waals surface area contributed by atoms with E-state index < -0.39 is 0 Å². The number of hydrogen-bond acceptors (Lipinski definition) is 6. The van der Waals surface area contributed by atoms with Gasteiger partial charge in [-0.1, -0.05) is 24.3 Å². The second kappa shape index (κ2) is 9.91. The summed E-state index contributed by atoms with van der Waals surface area (Å²) < 4.78 is 3.92. The summed E-state index contributed by atoms with van der Waals surface area (Å²) in [5.74, 6) is 0.786. The number of aromatic nitrogens is 6. The van der Waals surface area contributed by atoms with Crippen LogP contribution >= 0.6 is 0 Å². The first kappa shape index (κ1) is 22.4. The zero-order chi connectivity index (χ0) is 24.3. The lowest BCUT2D eigenvalue weighted by Gasteiger charge is -2.14. The number of aryl methyl sites for hydroxylation is 1. The summed E-state index contributed by atoms with van der Waals surface area (Å²) >= 11 is 0. The smallest absolute Gasteiger partial charge is 0.137 e. The maximum atomic E-state index is 4.66. The molecule has 4 aromatic heterocycles. The largest absolute Gasteiger partial charge is 0.366 e. The molecule has 1 aliphatic rings. The van der Waals surface area contributed by atoms with Gasteiger partial charge in [-0.15, -0.1) is 0 Å². The summed E-state index contributed by atoms with van der Waals surface area (Å²) in [6, 6.07) is 14.9. The first-order chi connectivity index (χ1) is 17.7. The molecule has 1 aliphatic heterocycles. The van der Waals surface area contributed by atoms with Gasteiger partial charge in [0.25, 0.3) is 0 Å². The van der Waals surface area contributed by atoms with Crippen LogP contribution in [-0.2, 0) is 20.0 Å². The van der Waals surface area contributed by atoms with E-state index >= 15 is 0 Å². The number of nitrogens with one attached hydrogen (secondary N) is 1. The van der Waals surface area contributed by atoms with Crippen molar-refractivity contribution in [3.05, 3.63) is 84.7 Å². The molecule has 1 fully saturated rings. The van der Waals surface area contributed by atoms with Gasteiger partial charge >= 0.3 is 0 Å². The van der Waals surface area contributed by atoms with Gasteiger partial charge in [0.1, 0.15) is 17.8 Å². The molecule has 1 N–H and O–H groups in total. The number of anilines is 1. The molecular weight excluding hydrogens is 448 g/mol. The fourth-order valence-corrected chi connectivity index (χ4v) is 4.83. The summed E-state index contributed by atoms with van der Waals surface area (Å²) in [5, 5.41) is 7.67. The van der Waals surface area contributed by atoms with Gasteiger partial charge in [-0.3, -0.25) is 9.08 Å². The Balaban J connectivity index is 1.13. The molecule has 0 aliphatic carbocycles. The Hall–Kier alpha value is -4.04. The average molecular weight is 479 g/mol. The number of nitrogens with zero attached hydrogens (tertiary/aromatic N) is 7. The zero-order valence-electron chi connectivity index (χ0n) is 20.5. The van der Waals surface area contributed by atoms with Gasteiger partial charge in [-0.2, -0.15) is 5.10 Å². The van der Waals surface area contributed by atoms with Crippen molar-refractivity contribution in [2.24, 2.45) is 7.05 Å². The standard InChI is InChI=1S/C28H30N8/c1-34-19-24(17-33-34)23-6-4-22(5-7-23)16-29-27-15-25(31-20-32-27)26-18-30-28-14-21(9-13-36(26)28)8-12-35-10-2-3-11-35/h4-7,9,13-15,17-20H,2-3,8,10-12,16H2,1H3,(H,29,31,32). The lowest BCUT2D eigenvalue weighted by atomic mass is 10.1. The van der Waals surface area contributed by atoms with E-state index in [0.717, 1.165) is 46.9 Å². The Kier molecular flexibility index (Phi) is 6.17. The van der Waals surface area contributed by atoms with Crippen molar-refractivity contribution < 1.29 is 0 Å². The summed E-state index contributed by atoms with van der Waals surface area (Å²) in [6.07, 6.45) is 13.2. The number of fused-ring (bicyclic) bond motifs is 1. The molecule has 0 atom stereocenters. The van der Waals surface area contributed by atoms with Crippen molar-refractivity contribution in [2.75, 3.05) is 25.0 Å². The van der Waals surface area contributed by atoms with Gasteiger partial charge in [0.05, 0.1) is 23.8 Å². The van der Waals surface area contributed by atoms with Crippen molar-refractivity contribution in [3.8, 4) is 22.5 Å². The van der Waals surface area contributed by atoms with Crippen LogP contribution in [0.2, 0.25) is 0 Å². The number of hydrogen-bond donors (Lipinski definition) is 1. The highest BCUT2D eigenvalue weighted by atomic mass is 15.2. The van der Waals surface area contributed by atoms with Gasteiger partial charge in [-0.25, -0.2) is 15.0 Å². The monoisotopic (exact) mass is 478 g/mol. The Labute approximate surface area is 210 Å². The minimum absolute atomic E-state index is 0.678. The maximum Gasteiger partial charge on any atom is 0.137 e. The highest BCUT2D eigenvalue weighted by Crippen LogP contribution is 2.23. The Morgan fingerprint density at radius 3 is 2.56 bits per heavy atom. The van der Waals surface area contributed by atoms with Crippen LogP contribution in [0.15, 0.2) is 73.6 Å². The fraction of sp³-hybridized carbons (Fsp3) is 0.286. The fourth-order valence-electron chi connectivity index (χ4n) is 4.83. The topological polar surface area (TPSA) is 76.2 Å². The summed E-state index contributed by atoms with van der Waals surface area (Å²) in [7, 11) is 1.93. The van der Waals surface area contributed by atoms with Crippen LogP contribution in [0.1, 0.15) is 24.0 Å². The number of likely N-dealkylation sites (tertiary alicyclic amines) is 1. The van der Waals surface area contributed by atoms with Crippen LogP contribution in [0.4, 0.5) is 5.82 Å². The number of imidazole rings is 1. The van der Waals surface area contributed by atoms with Crippen LogP contribution in [0, 0.1) is 0 Å². The Morgan fingerprint density at radius 2 is 1.75 bits per heavy atom. The van der Waals surface area contributed by atoms with E-state index in [9.17, 15) is 0 Å². The van der Waals surface area contributed by atoms with E-state index in [-0.39, 0.29) is 0 Å². The number of rotatable bonds is 8. The summed E-state index contributed by atoms with van der Waals surface area (Å²) in [5.41, 5.74) is 7.53. The molecular formula is C28H30N8. The van der Waals surface area contributed by atoms with Crippen LogP contribution in [-0.4, -0.2) is 53.7 Å². The van der Waals surface area contributed by atoms with Crippen molar-refractivity contribution in [1.29, 1.82) is 0 Å². The van der Waals surface area contributed by atoms with Gasteiger partial charge in [0, 0.05) is 44.2 Å². The van der Waals surface area contributed by atoms with Crippen LogP contribution in [0.3, 0.4) is 0 Å². The normalized spacial score (nSPS) is 14.0. The lowest BCUT2D eigenvalue weighted by Crippen LogP contribution is -2.21. The molecule has 0 bridgehead atoms. The molecule has 1 aromatic carbocycles. The van der Waals surface area contributed by atoms with E-state index in [1.807, 2.05) is 36.4 Å². The SMILES string of the molecule is Cn1cc(-c2ccc(CNc3cc(-c4cnc5cc(CCN6CCCC6)ccn45)ncn3)cc2)cn1. The predicted octanol–water partition coefficient (Wildman–Crippen LogP) is 4.44. The molecule has 0 spiro atoms. The molecule has 36 heavy (non-hydrogen) atoms. The molecule has 1 saturated heterocycles. The Morgan fingerprint density at radius 1 is 0.889 bits per heavy atom. The molecule has 0 saturated carbocycles. The quantitative estimate of drug-likeness (QED) is 0.355. The van der Waals surface area contributed by atoms with Gasteiger partial charge in [0.2, 0.25) is 0 Å². The van der Waals surface area contributed by atoms with Gasteiger partial charge < -0.3 is 10.2 Å². The van der Waals surface area contributed by atoms with E-state index in [0.29, 0.717) is 6.54 Å². The van der Waals surface area contributed by atoms with E-state index in [2.05, 4.69) is 77.3 Å². The second-order valence-corrected chi connectivity index (χ2v) is 9.45. The first-order valence-electron chi connectivity index (χ1n) is 12.5. The van der Waals surface area contributed by atoms with Crippen LogP contribution in [0.5, 0.6) is 0 Å². The van der Waals surface area contributed by atoms with Crippen molar-refractivity contribution >= 4 is 11.5 Å². The van der Waals surface area contributed by atoms with E-state index in [1.54, 1.807) is 6.33 Å². The van der Waals surface area contributed by atoms with E-state index in [1.165, 1.54) is 37.1 Å². The zero-order valence-corrected chi connectivity index (χ0v) is 20.5. The molecule has 182 valence electrons. The minimum Gasteiger partial charge on any atom is -0.366 e. The van der Waals surface area contributed by atoms with E-state index in [4.69, 9.17) is 0 Å². The lowest BCUT2D eigenvalue weighted by molar-refractivity contribution is 0.343. The summed E-state index contributed by atoms with van der Waals surface area (Å²) in [6.45, 7) is 4.27. The first-order valence-corrected chi connectivity index (χ1v) is 12.5. The molecule has 0 amide bonds. The molecule has 8 nitrogen and oxygen atoms in total. The van der Waals surface area contributed by atoms with Gasteiger partial charge in [0.15, 0.2) is 0 Å².